The molecule has 5 aliphatic rings. The number of aromatic nitrogens is 4. The Morgan fingerprint density at radius 2 is 1.39 bits per heavy atom. The number of carbonyl (C=O) groups excluding carboxylic acids is 6. The zero-order valence-electron chi connectivity index (χ0n) is 44.4. The lowest BCUT2D eigenvalue weighted by atomic mass is 9.93. The number of aryl methyl sites for hydroxylation is 2. The number of piperazine rings is 1. The van der Waals surface area contributed by atoms with E-state index in [1.54, 1.807) is 36.4 Å². The highest BCUT2D eigenvalue weighted by molar-refractivity contribution is 6.31. The van der Waals surface area contributed by atoms with Crippen LogP contribution in [-0.4, -0.2) is 185 Å². The highest BCUT2D eigenvalue weighted by atomic mass is 35.5. The maximum absolute atomic E-state index is 13.9. The number of imide groups is 2. The summed E-state index contributed by atoms with van der Waals surface area (Å²) in [5, 5.41) is 6.04. The van der Waals surface area contributed by atoms with Gasteiger partial charge in [-0.25, -0.2) is 9.37 Å². The van der Waals surface area contributed by atoms with Crippen LogP contribution in [0.4, 0.5) is 4.39 Å². The van der Waals surface area contributed by atoms with E-state index in [2.05, 4.69) is 37.4 Å². The SMILES string of the molecule is O=C1CCC(N2C(=O)C3=CC(=O)C(N4CCN(CC5CCN(C(=O)COCCOCCOCCOCCCc6ccc(-c7[nH]n(-c8nc9ccc(Cl)cc9[nH]8)c(=O)c7CCc7ccc(F)cc7)cc6)CC5)CC4)C=C3C2=O)C(=O)N1. The number of rotatable bonds is 24. The van der Waals surface area contributed by atoms with Gasteiger partial charge in [0.05, 0.1) is 73.6 Å². The molecule has 0 radical (unpaired) electrons. The Labute approximate surface area is 466 Å². The lowest BCUT2D eigenvalue weighted by Crippen LogP contribution is -2.54. The zero-order valence-corrected chi connectivity index (χ0v) is 45.2. The van der Waals surface area contributed by atoms with Crippen LogP contribution in [0.15, 0.2) is 94.8 Å². The van der Waals surface area contributed by atoms with Crippen LogP contribution in [0.1, 0.15) is 48.8 Å². The first kappa shape index (κ1) is 56.3. The molecule has 20 nitrogen and oxygen atoms in total. The van der Waals surface area contributed by atoms with Crippen LogP contribution in [0.2, 0.25) is 5.02 Å². The molecule has 2 atom stereocenters. The molecule has 1 aliphatic carbocycles. The second-order valence-corrected chi connectivity index (χ2v) is 21.2. The number of nitrogens with one attached hydrogen (secondary N) is 3. The van der Waals surface area contributed by atoms with E-state index in [0.29, 0.717) is 124 Å². The number of benzene rings is 3. The van der Waals surface area contributed by atoms with Crippen LogP contribution < -0.4 is 10.9 Å². The fourth-order valence-electron chi connectivity index (χ4n) is 11.0. The van der Waals surface area contributed by atoms with E-state index in [-0.39, 0.29) is 53.7 Å². The number of hydrogen-bond acceptors (Lipinski definition) is 14. The number of imidazole rings is 1. The molecule has 3 aromatic carbocycles. The minimum atomic E-state index is -1.09. The lowest BCUT2D eigenvalue weighted by molar-refractivity contribution is -0.149. The first-order valence-electron chi connectivity index (χ1n) is 27.4. The second kappa shape index (κ2) is 26.1. The van der Waals surface area contributed by atoms with Gasteiger partial charge in [-0.1, -0.05) is 48.0 Å². The molecule has 2 unspecified atom stereocenters. The Hall–Kier alpha value is -6.98. The average Bonchev–Trinajstić information content (AvgIpc) is 4.24. The van der Waals surface area contributed by atoms with Gasteiger partial charge in [-0.05, 0) is 110 Å². The molecule has 0 saturated carbocycles. The predicted molar refractivity (Wildman–Crippen MR) is 292 cm³/mol. The van der Waals surface area contributed by atoms with Crippen LogP contribution >= 0.6 is 11.6 Å². The summed E-state index contributed by atoms with van der Waals surface area (Å²) in [6, 6.07) is 18.0. The summed E-state index contributed by atoms with van der Waals surface area (Å²) in [7, 11) is 0. The number of H-pyrrole nitrogens is 2. The molecule has 422 valence electrons. The molecule has 4 fully saturated rings. The van der Waals surface area contributed by atoms with Crippen molar-refractivity contribution in [2.45, 2.75) is 63.5 Å². The first-order valence-corrected chi connectivity index (χ1v) is 27.8. The van der Waals surface area contributed by atoms with Gasteiger partial charge >= 0.3 is 0 Å². The van der Waals surface area contributed by atoms with Gasteiger partial charge in [-0.2, -0.15) is 4.68 Å². The molecule has 80 heavy (non-hydrogen) atoms. The van der Waals surface area contributed by atoms with E-state index in [9.17, 15) is 38.0 Å². The molecule has 2 aromatic heterocycles. The average molecular weight is 1120 g/mol. The number of likely N-dealkylation sites (tertiary alicyclic amines) is 2. The number of ether oxygens (including phenoxy) is 4. The molecule has 5 amide bonds. The normalized spacial score (nSPS) is 19.5. The summed E-state index contributed by atoms with van der Waals surface area (Å²) in [4.78, 5) is 106. The standard InChI is InChI=1S/C58H65ClFN9O11/c59-41-10-14-46-47(32-41)62-58(61-46)69-57(76)43(13-7-38-5-11-42(60)12-6-38)53(64-69)40-8-3-37(4-9-40)2-1-25-77-26-27-78-28-29-79-30-31-80-36-52(72)67-19-17-39(18-20-67)35-65-21-23-66(24-22-65)49-33-44-45(34-50(49)70)56(75)68(55(44)74)48-15-16-51(71)63-54(48)73/h3-6,8-12,14,32-34,39,48-49,64H,1-2,7,13,15-31,35-36H2,(H,61,62)(H,63,71,73). The van der Waals surface area contributed by atoms with Crippen molar-refractivity contribution in [2.75, 3.05) is 98.7 Å². The summed E-state index contributed by atoms with van der Waals surface area (Å²) in [6.07, 6.45) is 7.23. The number of hydrogen-bond donors (Lipinski definition) is 3. The molecule has 4 aliphatic heterocycles. The maximum Gasteiger partial charge on any atom is 0.277 e. The third-order valence-electron chi connectivity index (χ3n) is 15.4. The van der Waals surface area contributed by atoms with E-state index in [1.165, 1.54) is 22.9 Å². The van der Waals surface area contributed by atoms with Crippen molar-refractivity contribution in [2.24, 2.45) is 5.92 Å². The summed E-state index contributed by atoms with van der Waals surface area (Å²) >= 11 is 6.20. The van der Waals surface area contributed by atoms with Crippen molar-refractivity contribution in [3.63, 3.8) is 0 Å². The lowest BCUT2D eigenvalue weighted by Gasteiger charge is -2.40. The summed E-state index contributed by atoms with van der Waals surface area (Å²) in [6.45, 7) is 7.78. The van der Waals surface area contributed by atoms with E-state index in [1.807, 2.05) is 21.9 Å². The van der Waals surface area contributed by atoms with E-state index in [4.69, 9.17) is 30.5 Å². The fourth-order valence-corrected chi connectivity index (χ4v) is 11.2. The van der Waals surface area contributed by atoms with Crippen LogP contribution in [0, 0.1) is 11.7 Å². The van der Waals surface area contributed by atoms with Crippen LogP contribution in [0.5, 0.6) is 0 Å². The largest absolute Gasteiger partial charge is 0.379 e. The maximum atomic E-state index is 13.9. The van der Waals surface area contributed by atoms with E-state index in [0.717, 1.165) is 66.9 Å². The highest BCUT2D eigenvalue weighted by Crippen LogP contribution is 2.34. The number of carbonyl (C=O) groups is 6. The Kier molecular flexibility index (Phi) is 18.4. The molecular formula is C58H65ClFN9O11. The summed E-state index contributed by atoms with van der Waals surface area (Å²) < 4.78 is 37.7. The smallest absolute Gasteiger partial charge is 0.277 e. The van der Waals surface area contributed by atoms with Crippen molar-refractivity contribution in [3.05, 3.63) is 128 Å². The molecular weight excluding hydrogens is 1050 g/mol. The van der Waals surface area contributed by atoms with E-state index < -0.39 is 35.7 Å². The molecule has 6 heterocycles. The number of piperidine rings is 2. The number of aromatic amines is 2. The Morgan fingerprint density at radius 1 is 0.725 bits per heavy atom. The molecule has 5 aromatic rings. The zero-order chi connectivity index (χ0) is 55.7. The number of nitrogens with zero attached hydrogens (tertiary/aromatic N) is 6. The van der Waals surface area contributed by atoms with Crippen LogP contribution in [0.25, 0.3) is 28.2 Å². The topological polar surface area (TPSA) is 231 Å². The minimum Gasteiger partial charge on any atom is -0.379 e. The molecule has 0 spiro atoms. The number of fused-ring (bicyclic) bond motifs is 2. The number of amides is 5. The van der Waals surface area contributed by atoms with Gasteiger partial charge in [0.2, 0.25) is 23.7 Å². The summed E-state index contributed by atoms with van der Waals surface area (Å²) in [5.74, 6) is -2.29. The van der Waals surface area contributed by atoms with Crippen molar-refractivity contribution in [3.8, 4) is 17.2 Å². The molecule has 4 saturated heterocycles. The Balaban J connectivity index is 0.555. The highest BCUT2D eigenvalue weighted by Gasteiger charge is 2.49. The van der Waals surface area contributed by atoms with Gasteiger partial charge in [0.1, 0.15) is 18.5 Å². The second-order valence-electron chi connectivity index (χ2n) is 20.7. The Bertz CT molecular complexity index is 3210. The predicted octanol–water partition coefficient (Wildman–Crippen LogP) is 4.12. The fraction of sp³-hybridized carbons (Fsp3) is 0.448. The summed E-state index contributed by atoms with van der Waals surface area (Å²) in [5.41, 5.74) is 5.50. The number of halogens is 2. The van der Waals surface area contributed by atoms with Crippen LogP contribution in [0.3, 0.4) is 0 Å². The quantitative estimate of drug-likeness (QED) is 0.0584. The van der Waals surface area contributed by atoms with Gasteiger partial charge < -0.3 is 33.7 Å². The minimum absolute atomic E-state index is 0.000967. The molecule has 22 heteroatoms. The molecule has 10 rings (SSSR count). The first-order chi connectivity index (χ1) is 38.9. The van der Waals surface area contributed by atoms with E-state index >= 15 is 0 Å². The third kappa shape index (κ3) is 13.4. The van der Waals surface area contributed by atoms with Crippen molar-refractivity contribution in [1.29, 1.82) is 0 Å². The van der Waals surface area contributed by atoms with Gasteiger partial charge in [0, 0.05) is 69.4 Å². The van der Waals surface area contributed by atoms with Crippen molar-refractivity contribution < 1.29 is 52.1 Å². The molecule has 3 N–H and O–H groups in total. The van der Waals surface area contributed by atoms with Gasteiger partial charge in [0.25, 0.3) is 17.4 Å². The van der Waals surface area contributed by atoms with Crippen LogP contribution in [-0.2, 0) is 67.0 Å². The number of ketones is 1. The van der Waals surface area contributed by atoms with Crippen molar-refractivity contribution >= 4 is 58.0 Å². The van der Waals surface area contributed by atoms with Gasteiger partial charge in [0.15, 0.2) is 5.78 Å². The van der Waals surface area contributed by atoms with Crippen molar-refractivity contribution in [1.82, 2.24) is 44.7 Å². The van der Waals surface area contributed by atoms with Gasteiger partial charge in [-0.3, -0.25) is 53.8 Å². The Morgan fingerprint density at radius 3 is 2.10 bits per heavy atom. The van der Waals surface area contributed by atoms with Gasteiger partial charge in [-0.15, -0.1) is 0 Å². The third-order valence-corrected chi connectivity index (χ3v) is 15.7. The monoisotopic (exact) mass is 1120 g/mol. The molecule has 0 bridgehead atoms.